The molecule has 6 aliphatic rings. The zero-order valence-corrected chi connectivity index (χ0v) is 38.0. The highest BCUT2D eigenvalue weighted by atomic mass is 32.2. The monoisotopic (exact) mass is 952 g/mol. The van der Waals surface area contributed by atoms with Gasteiger partial charge < -0.3 is 30.0 Å². The molecule has 0 unspecified atom stereocenters. The third-order valence-corrected chi connectivity index (χ3v) is 17.7. The molecule has 4 saturated carbocycles. The number of ether oxygens (including phenoxy) is 2. The van der Waals surface area contributed by atoms with Gasteiger partial charge in [0.15, 0.2) is 5.37 Å². The summed E-state index contributed by atoms with van der Waals surface area (Å²) in [5, 5.41) is 17.6. The van der Waals surface area contributed by atoms with Gasteiger partial charge in [0, 0.05) is 30.5 Å². The van der Waals surface area contributed by atoms with Gasteiger partial charge in [-0.05, 0) is 54.4 Å². The van der Waals surface area contributed by atoms with Crippen molar-refractivity contribution in [2.75, 3.05) is 49.1 Å². The Labute approximate surface area is 367 Å². The van der Waals surface area contributed by atoms with Crippen molar-refractivity contribution in [3.8, 4) is 0 Å². The third kappa shape index (κ3) is 10.6. The molecule has 2 aromatic heterocycles. The summed E-state index contributed by atoms with van der Waals surface area (Å²) in [5.41, 5.74) is 6.63. The number of nitrogens with zero attached hydrogens (tertiary/aromatic N) is 3. The average Bonchev–Trinajstić information content (AvgIpc) is 4.00. The maximum atomic E-state index is 11.9. The highest BCUT2D eigenvalue weighted by molar-refractivity contribution is 8.00. The second-order valence-corrected chi connectivity index (χ2v) is 22.8. The number of hydrogen-bond acceptors (Lipinski definition) is 20. The Morgan fingerprint density at radius 3 is 1.89 bits per heavy atom. The Morgan fingerprint density at radius 2 is 1.47 bits per heavy atom. The first kappa shape index (κ1) is 50.0. The van der Waals surface area contributed by atoms with Crippen molar-refractivity contribution in [2.45, 2.75) is 87.8 Å². The lowest BCUT2D eigenvalue weighted by Crippen LogP contribution is -2.54. The van der Waals surface area contributed by atoms with Crippen LogP contribution in [0.4, 0.5) is 11.6 Å². The van der Waals surface area contributed by atoms with Crippen LogP contribution in [0.5, 0.6) is 0 Å². The Hall–Kier alpha value is -3.02. The van der Waals surface area contributed by atoms with Crippen molar-refractivity contribution in [2.24, 2.45) is 39.3 Å². The van der Waals surface area contributed by atoms with Crippen LogP contribution in [-0.2, 0) is 39.3 Å². The van der Waals surface area contributed by atoms with Crippen LogP contribution in [0.15, 0.2) is 34.1 Å². The Kier molecular flexibility index (Phi) is 15.5. The van der Waals surface area contributed by atoms with Crippen LogP contribution in [0.2, 0.25) is 0 Å². The zero-order chi connectivity index (χ0) is 46.1. The summed E-state index contributed by atoms with van der Waals surface area (Å²) in [6, 6.07) is 3.24. The molecular weight excluding hydrogens is 897 g/mol. The molecular formula is C36H56N8O14S4. The van der Waals surface area contributed by atoms with Crippen molar-refractivity contribution < 1.29 is 59.8 Å². The summed E-state index contributed by atoms with van der Waals surface area (Å²) in [6.07, 6.45) is 7.08. The minimum absolute atomic E-state index is 0.0152. The Bertz CT molecular complexity index is 2230. The van der Waals surface area contributed by atoms with E-state index in [0.717, 1.165) is 12.8 Å². The van der Waals surface area contributed by atoms with Crippen LogP contribution in [-0.4, -0.2) is 111 Å². The van der Waals surface area contributed by atoms with Gasteiger partial charge in [0.2, 0.25) is 5.82 Å². The van der Waals surface area contributed by atoms with Gasteiger partial charge in [-0.1, -0.05) is 39.5 Å². The van der Waals surface area contributed by atoms with E-state index >= 15 is 0 Å². The number of aliphatic hydroxyl groups excluding tert-OH is 2. The molecule has 2 aliphatic heterocycles. The van der Waals surface area contributed by atoms with Crippen LogP contribution in [0.1, 0.15) is 77.0 Å². The summed E-state index contributed by atoms with van der Waals surface area (Å²) in [4.78, 5) is 53.2. The van der Waals surface area contributed by atoms with E-state index in [9.17, 15) is 40.6 Å². The number of H-pyrrole nitrogens is 1. The molecule has 0 aromatic carbocycles. The lowest BCUT2D eigenvalue weighted by atomic mass is 9.70. The van der Waals surface area contributed by atoms with Gasteiger partial charge >= 0.3 is 11.4 Å². The molecule has 10 N–H and O–H groups in total. The topological polar surface area (TPSA) is 352 Å². The molecule has 22 nitrogen and oxygen atoms in total. The van der Waals surface area contributed by atoms with E-state index in [4.69, 9.17) is 35.8 Å². The number of hydrazine groups is 2. The number of carbonyl (C=O) groups excluding carboxylic acids is 2. The molecule has 26 heteroatoms. The summed E-state index contributed by atoms with van der Waals surface area (Å²) < 4.78 is 77.2. The van der Waals surface area contributed by atoms with E-state index in [0.29, 0.717) is 44.7 Å². The number of aliphatic hydroxyl groups is 2. The third-order valence-electron chi connectivity index (χ3n) is 13.5. The van der Waals surface area contributed by atoms with Crippen molar-refractivity contribution >= 4 is 67.0 Å². The molecule has 0 radical (unpaired) electrons. The number of fused-ring (bicyclic) bond motifs is 4. The van der Waals surface area contributed by atoms with Crippen LogP contribution >= 0.6 is 23.5 Å². The summed E-state index contributed by atoms with van der Waals surface area (Å²) in [6.45, 7) is 8.39. The highest BCUT2D eigenvalue weighted by Gasteiger charge is 2.66. The van der Waals surface area contributed by atoms with Crippen molar-refractivity contribution in [3.63, 3.8) is 0 Å². The first-order valence-corrected chi connectivity index (χ1v) is 24.8. The van der Waals surface area contributed by atoms with E-state index < -0.39 is 48.3 Å². The molecule has 8 atom stereocenters. The number of aromatic amines is 1. The number of thioether (sulfide) groups is 2. The predicted octanol–water partition coefficient (Wildman–Crippen LogP) is -0.364. The van der Waals surface area contributed by atoms with Crippen LogP contribution in [0.3, 0.4) is 0 Å². The maximum Gasteiger partial charge on any atom is 0.498 e. The first-order valence-electron chi connectivity index (χ1n) is 19.7. The van der Waals surface area contributed by atoms with E-state index in [1.54, 1.807) is 24.5 Å². The molecule has 4 aliphatic carbocycles. The molecule has 4 bridgehead atoms. The largest absolute Gasteiger partial charge is 0.748 e. The van der Waals surface area contributed by atoms with Crippen molar-refractivity contribution in [1.82, 2.24) is 20.1 Å². The van der Waals surface area contributed by atoms with Gasteiger partial charge in [0.25, 0.3) is 10.1 Å². The van der Waals surface area contributed by atoms with E-state index in [1.807, 2.05) is 27.7 Å². The molecule has 0 amide bonds. The number of nitrogens with two attached hydrogens (primary N) is 2. The number of nitrogens with one attached hydrogen (secondary N) is 3. The fourth-order valence-electron chi connectivity index (χ4n) is 9.67. The van der Waals surface area contributed by atoms with E-state index in [2.05, 4.69) is 20.9 Å². The second-order valence-electron chi connectivity index (χ2n) is 17.2. The van der Waals surface area contributed by atoms with E-state index in [-0.39, 0.29) is 80.6 Å². The average molecular weight is 953 g/mol. The number of carbonyl (C=O) groups is 2. The van der Waals surface area contributed by atoms with Crippen LogP contribution in [0, 0.1) is 33.5 Å². The molecule has 0 spiro atoms. The fourth-order valence-corrected chi connectivity index (χ4v) is 14.3. The second kappa shape index (κ2) is 19.2. The standard InChI is InChI=1S/2C10H16O4S.C8H13N5O3S.C8H11N3O3S/c2*1-9(2)7-3-4-10(9,8(11)5-7)6-15(12,13)14;9-12-11-5-1-2-13(8(15)10-5)6-4-16-7(3-14)17-6;9-5-1-2-11(8(13)10-5)6-4-14-7(3-12)15-6/h2*7H,3-6H2,1-2H3,(H,12,13,14);1-2,6-7,12,14H,3-4,9H2,(H,10,11,15);1-2,6-7,12H,3-4H2,(H2,9,10,13)/t2*7-,10-;2*6-,7-/m0011/s1. The number of rotatable bonds is 10. The molecule has 6 fully saturated rings. The maximum absolute atomic E-state index is 11.9. The first-order chi connectivity index (χ1) is 28.8. The van der Waals surface area contributed by atoms with Crippen molar-refractivity contribution in [3.05, 3.63) is 45.5 Å². The summed E-state index contributed by atoms with van der Waals surface area (Å²) in [7, 11) is -8.40. The lowest BCUT2D eigenvalue weighted by molar-refractivity contribution is -0.716. The summed E-state index contributed by atoms with van der Waals surface area (Å²) >= 11 is 2.80. The SMILES string of the molecule is CC1(C)[C@H]2CC[C@]1(CS(=O)(=O)O)C(=O)C2.CC1(C)[C@H]2CC[C@]1(CS(=O)(=O)[O-])C(=O)C2.NNNc1cc[n+]([C@H]2CO[C@@H](CO)S2)c(=O)[nH]1.Nc1ccn([C@H]2CO[C@@H](CO)S2)c(=O)n1. The van der Waals surface area contributed by atoms with E-state index in [1.165, 1.54) is 32.7 Å². The smallest absolute Gasteiger partial charge is 0.498 e. The van der Waals surface area contributed by atoms with Crippen LogP contribution < -0.4 is 38.5 Å². The number of hydrogen-bond donors (Lipinski definition) is 8. The van der Waals surface area contributed by atoms with Gasteiger partial charge in [-0.2, -0.15) is 33.3 Å². The molecule has 348 valence electrons. The number of nitrogen functional groups attached to an aromatic ring is 1. The van der Waals surface area contributed by atoms with Gasteiger partial charge in [0.1, 0.15) is 39.8 Å². The molecule has 4 heterocycles. The normalized spacial score (nSPS) is 31.4. The number of ketones is 2. The molecule has 2 saturated heterocycles. The lowest BCUT2D eigenvalue weighted by Gasteiger charge is -2.37. The van der Waals surface area contributed by atoms with Crippen molar-refractivity contribution in [1.29, 1.82) is 0 Å². The molecule has 8 rings (SSSR count). The Balaban J connectivity index is 0.000000156. The zero-order valence-electron chi connectivity index (χ0n) is 34.7. The number of anilines is 2. The Morgan fingerprint density at radius 1 is 0.919 bits per heavy atom. The number of Topliss-reactive ketones (excluding diaryl/α,β-unsaturated/α-hetero) is 2. The van der Waals surface area contributed by atoms with Gasteiger partial charge in [-0.3, -0.25) is 30.0 Å². The fraction of sp³-hybridized carbons (Fsp3) is 0.722. The molecule has 2 aromatic rings. The minimum Gasteiger partial charge on any atom is -0.748 e. The van der Waals surface area contributed by atoms with Gasteiger partial charge in [0.05, 0.1) is 53.5 Å². The quantitative estimate of drug-likeness (QED) is 0.0652. The highest BCUT2D eigenvalue weighted by Crippen LogP contribution is 2.65. The summed E-state index contributed by atoms with van der Waals surface area (Å²) in [5.74, 6) is 5.36. The minimum atomic E-state index is -4.33. The number of aromatic nitrogens is 4. The van der Waals surface area contributed by atoms with Gasteiger partial charge in [-0.15, -0.1) is 11.8 Å². The van der Waals surface area contributed by atoms with Crippen LogP contribution in [0.25, 0.3) is 0 Å². The van der Waals surface area contributed by atoms with Gasteiger partial charge in [-0.25, -0.2) is 13.2 Å². The molecule has 62 heavy (non-hydrogen) atoms. The predicted molar refractivity (Wildman–Crippen MR) is 226 cm³/mol.